The number of rotatable bonds is 4. The molecule has 30 heavy (non-hydrogen) atoms. The highest BCUT2D eigenvalue weighted by Gasteiger charge is 2.51. The van der Waals surface area contributed by atoms with Crippen LogP contribution in [0.4, 0.5) is 16.3 Å². The number of nitrogens with zero attached hydrogens (tertiary/aromatic N) is 3. The summed E-state index contributed by atoms with van der Waals surface area (Å²) in [6, 6.07) is 3.48. The van der Waals surface area contributed by atoms with Gasteiger partial charge in [0, 0.05) is 31.7 Å². The van der Waals surface area contributed by atoms with Gasteiger partial charge in [0.05, 0.1) is 24.3 Å². The molecule has 1 aromatic rings. The van der Waals surface area contributed by atoms with Crippen LogP contribution in [0.3, 0.4) is 0 Å². The Morgan fingerprint density at radius 2 is 2.00 bits per heavy atom. The molecule has 3 fully saturated rings. The molecule has 0 radical (unpaired) electrons. The Balaban J connectivity index is 1.55. The summed E-state index contributed by atoms with van der Waals surface area (Å²) in [5.41, 5.74) is -0.0662. The molecule has 9 nitrogen and oxygen atoms in total. The minimum atomic E-state index is -1.16. The standard InChI is InChI=1S/C21H30N4O5/c1-30-17-8-7-16(22-20(28)29)18(23-17)24-11-2-9-21(13-24)10-12-25(19(21)27)14-3-5-15(26)6-4-14/h7-8,14-15,22,26H,2-6,9-13H2,1H3,(H,28,29)/t14-,15-,21-/m1/s1. The summed E-state index contributed by atoms with van der Waals surface area (Å²) in [4.78, 5) is 33.3. The molecule has 1 spiro atoms. The molecule has 1 aromatic heterocycles. The second kappa shape index (κ2) is 8.29. The minimum Gasteiger partial charge on any atom is -0.481 e. The molecular formula is C21H30N4O5. The molecule has 3 aliphatic rings. The van der Waals surface area contributed by atoms with Crippen LogP contribution >= 0.6 is 0 Å². The minimum absolute atomic E-state index is 0.198. The van der Waals surface area contributed by atoms with E-state index in [0.29, 0.717) is 30.5 Å². The molecule has 2 aliphatic heterocycles. The molecule has 3 heterocycles. The Hall–Kier alpha value is -2.55. The molecule has 4 rings (SSSR count). The van der Waals surface area contributed by atoms with E-state index in [4.69, 9.17) is 4.74 Å². The quantitative estimate of drug-likeness (QED) is 0.687. The molecule has 2 amide bonds. The van der Waals surface area contributed by atoms with E-state index in [0.717, 1.165) is 51.5 Å². The summed E-state index contributed by atoms with van der Waals surface area (Å²) in [7, 11) is 1.52. The van der Waals surface area contributed by atoms with Gasteiger partial charge >= 0.3 is 6.09 Å². The van der Waals surface area contributed by atoms with Gasteiger partial charge in [-0.05, 0) is 51.0 Å². The van der Waals surface area contributed by atoms with Gasteiger partial charge in [-0.15, -0.1) is 0 Å². The second-order valence-corrected chi connectivity index (χ2v) is 8.67. The van der Waals surface area contributed by atoms with Crippen LogP contribution in [-0.2, 0) is 4.79 Å². The topological polar surface area (TPSA) is 115 Å². The van der Waals surface area contributed by atoms with Gasteiger partial charge in [0.1, 0.15) is 0 Å². The van der Waals surface area contributed by atoms with Gasteiger partial charge in [-0.2, -0.15) is 4.98 Å². The number of methoxy groups -OCH3 is 1. The van der Waals surface area contributed by atoms with Crippen molar-refractivity contribution in [2.75, 3.05) is 37.0 Å². The monoisotopic (exact) mass is 418 g/mol. The summed E-state index contributed by atoms with van der Waals surface area (Å²) >= 11 is 0. The van der Waals surface area contributed by atoms with Crippen LogP contribution in [0, 0.1) is 5.41 Å². The lowest BCUT2D eigenvalue weighted by Crippen LogP contribution is -2.50. The first-order chi connectivity index (χ1) is 14.4. The number of nitrogens with one attached hydrogen (secondary N) is 1. The highest BCUT2D eigenvalue weighted by molar-refractivity contribution is 5.89. The van der Waals surface area contributed by atoms with E-state index < -0.39 is 11.5 Å². The Labute approximate surface area is 176 Å². The number of aliphatic hydroxyl groups excluding tert-OH is 1. The van der Waals surface area contributed by atoms with E-state index in [9.17, 15) is 19.8 Å². The number of likely N-dealkylation sites (tertiary alicyclic amines) is 1. The van der Waals surface area contributed by atoms with Gasteiger partial charge in [0.25, 0.3) is 0 Å². The third-order valence-electron chi connectivity index (χ3n) is 6.83. The van der Waals surface area contributed by atoms with Crippen LogP contribution in [0.1, 0.15) is 44.9 Å². The molecule has 1 aliphatic carbocycles. The maximum absolute atomic E-state index is 13.5. The fourth-order valence-corrected chi connectivity index (χ4v) is 5.26. The van der Waals surface area contributed by atoms with Gasteiger partial charge in [0.15, 0.2) is 5.82 Å². The van der Waals surface area contributed by atoms with E-state index in [2.05, 4.69) is 10.3 Å². The van der Waals surface area contributed by atoms with Crippen molar-refractivity contribution in [2.45, 2.75) is 57.1 Å². The summed E-state index contributed by atoms with van der Waals surface area (Å²) in [5, 5.41) is 21.4. The van der Waals surface area contributed by atoms with Crippen LogP contribution < -0.4 is 15.0 Å². The molecule has 0 aromatic carbocycles. The first-order valence-corrected chi connectivity index (χ1v) is 10.7. The predicted octanol–water partition coefficient (Wildman–Crippen LogP) is 2.30. The van der Waals surface area contributed by atoms with Crippen molar-refractivity contribution in [3.8, 4) is 5.88 Å². The summed E-state index contributed by atoms with van der Waals surface area (Å²) < 4.78 is 5.24. The summed E-state index contributed by atoms with van der Waals surface area (Å²) in [6.45, 7) is 1.98. The van der Waals surface area contributed by atoms with Gasteiger partial charge < -0.3 is 24.7 Å². The normalized spacial score (nSPS) is 29.3. The molecule has 9 heteroatoms. The van der Waals surface area contributed by atoms with Crippen LogP contribution in [-0.4, -0.2) is 71.0 Å². The Kier molecular flexibility index (Phi) is 5.73. The number of carbonyl (C=O) groups excluding carboxylic acids is 1. The number of amides is 2. The van der Waals surface area contributed by atoms with Crippen LogP contribution in [0.25, 0.3) is 0 Å². The van der Waals surface area contributed by atoms with Gasteiger partial charge in [0.2, 0.25) is 11.8 Å². The highest BCUT2D eigenvalue weighted by Crippen LogP contribution is 2.44. The highest BCUT2D eigenvalue weighted by atomic mass is 16.5. The molecule has 2 saturated heterocycles. The molecular weight excluding hydrogens is 388 g/mol. The lowest BCUT2D eigenvalue weighted by atomic mass is 9.78. The molecule has 164 valence electrons. The SMILES string of the molecule is COc1ccc(NC(=O)O)c(N2CCC[C@@]3(CCN([C@H]4CC[C@H](O)CC4)C3=O)C2)n1. The second-order valence-electron chi connectivity index (χ2n) is 8.67. The number of aliphatic hydroxyl groups is 1. The average molecular weight is 418 g/mol. The maximum Gasteiger partial charge on any atom is 0.409 e. The lowest BCUT2D eigenvalue weighted by Gasteiger charge is -2.41. The number of carboxylic acid groups (broad SMARTS) is 1. The first kappa shape index (κ1) is 20.7. The number of hydrogen-bond donors (Lipinski definition) is 3. The summed E-state index contributed by atoms with van der Waals surface area (Å²) in [6.07, 6.45) is 4.31. The maximum atomic E-state index is 13.5. The number of carbonyl (C=O) groups is 2. The zero-order valence-electron chi connectivity index (χ0n) is 17.3. The third kappa shape index (κ3) is 3.90. The largest absolute Gasteiger partial charge is 0.481 e. The molecule has 0 bridgehead atoms. The number of piperidine rings is 1. The average Bonchev–Trinajstić information content (AvgIpc) is 3.04. The van der Waals surface area contributed by atoms with Crippen molar-refractivity contribution in [2.24, 2.45) is 5.41 Å². The zero-order valence-corrected chi connectivity index (χ0v) is 17.3. The number of anilines is 2. The fraction of sp³-hybridized carbons (Fsp3) is 0.667. The lowest BCUT2D eigenvalue weighted by molar-refractivity contribution is -0.139. The van der Waals surface area contributed by atoms with E-state index in [-0.39, 0.29) is 18.1 Å². The van der Waals surface area contributed by atoms with Gasteiger partial charge in [-0.3, -0.25) is 10.1 Å². The molecule has 1 atom stereocenters. The van der Waals surface area contributed by atoms with Crippen molar-refractivity contribution in [1.82, 2.24) is 9.88 Å². The van der Waals surface area contributed by atoms with Crippen molar-refractivity contribution >= 4 is 23.5 Å². The van der Waals surface area contributed by atoms with E-state index in [1.807, 2.05) is 9.80 Å². The number of pyridine rings is 1. The molecule has 1 saturated carbocycles. The van der Waals surface area contributed by atoms with Crippen molar-refractivity contribution in [3.63, 3.8) is 0 Å². The van der Waals surface area contributed by atoms with Crippen molar-refractivity contribution < 1.29 is 24.5 Å². The van der Waals surface area contributed by atoms with Crippen molar-refractivity contribution in [1.29, 1.82) is 0 Å². The first-order valence-electron chi connectivity index (χ1n) is 10.7. The van der Waals surface area contributed by atoms with E-state index in [1.54, 1.807) is 12.1 Å². The Morgan fingerprint density at radius 3 is 2.70 bits per heavy atom. The third-order valence-corrected chi connectivity index (χ3v) is 6.83. The van der Waals surface area contributed by atoms with Crippen LogP contribution in [0.2, 0.25) is 0 Å². The predicted molar refractivity (Wildman–Crippen MR) is 111 cm³/mol. The Morgan fingerprint density at radius 1 is 1.23 bits per heavy atom. The van der Waals surface area contributed by atoms with Crippen molar-refractivity contribution in [3.05, 3.63) is 12.1 Å². The zero-order chi connectivity index (χ0) is 21.3. The number of aromatic nitrogens is 1. The number of ether oxygens (including phenoxy) is 1. The van der Waals surface area contributed by atoms with Crippen LogP contribution in [0.15, 0.2) is 12.1 Å². The number of hydrogen-bond acceptors (Lipinski definition) is 6. The van der Waals surface area contributed by atoms with Gasteiger partial charge in [-0.1, -0.05) is 0 Å². The van der Waals surface area contributed by atoms with Crippen LogP contribution in [0.5, 0.6) is 5.88 Å². The Bertz CT molecular complexity index is 811. The molecule has 0 unspecified atom stereocenters. The summed E-state index contributed by atoms with van der Waals surface area (Å²) in [5.74, 6) is 1.10. The van der Waals surface area contributed by atoms with E-state index in [1.165, 1.54) is 7.11 Å². The molecule has 3 N–H and O–H groups in total. The van der Waals surface area contributed by atoms with E-state index >= 15 is 0 Å². The smallest absolute Gasteiger partial charge is 0.409 e. The fourth-order valence-electron chi connectivity index (χ4n) is 5.26. The van der Waals surface area contributed by atoms with Gasteiger partial charge in [-0.25, -0.2) is 4.79 Å².